The smallest absolute Gasteiger partial charge is 0.0619 e. The number of benzene rings is 24. The zero-order valence-electron chi connectivity index (χ0n) is 79.4. The fourth-order valence-electron chi connectivity index (χ4n) is 24.7. The summed E-state index contributed by atoms with van der Waals surface area (Å²) in [4.78, 5) is 0. The van der Waals surface area contributed by atoms with E-state index in [1.165, 1.54) is 280 Å². The molecule has 0 unspecified atom stereocenters. The summed E-state index contributed by atoms with van der Waals surface area (Å²) in [6, 6.07) is 187. The largest absolute Gasteiger partial charge is 0.309 e. The summed E-state index contributed by atoms with van der Waals surface area (Å²) < 4.78 is 22.7. The lowest BCUT2D eigenvalue weighted by Crippen LogP contribution is -1.97. The number of hydrogen-bond acceptors (Lipinski definition) is 3. The molecule has 33 rings (SSSR count). The van der Waals surface area contributed by atoms with Crippen LogP contribution in [0.2, 0.25) is 0 Å². The molecule has 684 valence electrons. The standard InChI is InChI=1S/3C46H28N2S/c1-2-11-31-28-33(25-20-29(31)10-1)48-40-18-7-4-14-38(40)45-42(48)27-26-41-44(45)37-13-3-6-17-39(37)47(41)32-23-21-30(22-24-32)34-15-9-16-36-35-12-5-8-19-43(35)49-46(34)36;1-2-13-29(14-3-1)47-38-22-9-6-18-36(38)44-41(47)27-28-42-45(44)37-19-7-10-23-39(37)48(42)40-26-25-31(30-15-4-5-16-32(30)40)34-20-12-21-35-33-17-8-11-24-43(33)49-46(34)35;1-2-12-31(13-3-1)48-41-28-27-40-43(44(41)38-26-23-29-11-4-5-14-33(29)45(38)48)37-16-6-8-19-39(37)47(40)32-24-21-30(22-25-32)34-17-10-18-36-35-15-7-9-20-42(35)49-46(34)36/h3*1-28H. The Morgan fingerprint density at radius 2 is 0.435 bits per heavy atom. The maximum atomic E-state index is 2.49. The first-order valence-corrected chi connectivity index (χ1v) is 52.8. The zero-order valence-corrected chi connectivity index (χ0v) is 81.9. The van der Waals surface area contributed by atoms with Gasteiger partial charge in [-0.1, -0.05) is 358 Å². The summed E-state index contributed by atoms with van der Waals surface area (Å²) in [5.41, 5.74) is 29.3. The van der Waals surface area contributed by atoms with Gasteiger partial charge in [0, 0.05) is 170 Å². The van der Waals surface area contributed by atoms with Crippen molar-refractivity contribution in [3.8, 4) is 67.5 Å². The Kier molecular flexibility index (Phi) is 18.7. The molecule has 0 aliphatic carbocycles. The maximum absolute atomic E-state index is 2.49. The Hall–Kier alpha value is -18.5. The molecule has 0 radical (unpaired) electrons. The van der Waals surface area contributed by atoms with E-state index >= 15 is 0 Å². The Labute approximate surface area is 855 Å². The van der Waals surface area contributed by atoms with Crippen LogP contribution < -0.4 is 0 Å². The van der Waals surface area contributed by atoms with E-state index < -0.39 is 0 Å². The summed E-state index contributed by atoms with van der Waals surface area (Å²) >= 11 is 5.66. The Balaban J connectivity index is 0.0000000999. The highest BCUT2D eigenvalue weighted by Crippen LogP contribution is 2.52. The van der Waals surface area contributed by atoms with Gasteiger partial charge in [0.25, 0.3) is 0 Å². The van der Waals surface area contributed by atoms with Crippen molar-refractivity contribution in [1.82, 2.24) is 27.4 Å². The molecule has 0 atom stereocenters. The SMILES string of the molecule is c1ccc(-n2c3ccc4c(c5ccccc5n4-c4ccc(-c5cccc6c5sc5ccccc56)cc4)c3c3ccc4ccccc4c32)cc1.c1ccc(-n2c3ccccc3c3c4c5ccccc5n(-c5ccc(-c6cccc7c6sc6ccccc67)c6ccccc56)c4ccc32)cc1.c1ccc2cc(-n3c4ccccc4c4c5c6ccccc6n(-c6ccc(-c7cccc8c7sc7ccccc78)cc6)c5ccc43)ccc2c1. The highest BCUT2D eigenvalue weighted by atomic mass is 32.1. The minimum absolute atomic E-state index is 1.16. The molecule has 0 aliphatic heterocycles. The number of rotatable bonds is 9. The average molecular weight is 1920 g/mol. The van der Waals surface area contributed by atoms with Crippen LogP contribution in [-0.2, 0) is 0 Å². The number of nitrogens with zero attached hydrogens (tertiary/aromatic N) is 6. The van der Waals surface area contributed by atoms with E-state index in [2.05, 4.69) is 537 Å². The molecule has 0 N–H and O–H groups in total. The molecule has 9 heterocycles. The highest BCUT2D eigenvalue weighted by Gasteiger charge is 2.28. The van der Waals surface area contributed by atoms with Gasteiger partial charge in [-0.25, -0.2) is 0 Å². The second-order valence-corrected chi connectivity index (χ2v) is 41.8. The zero-order chi connectivity index (χ0) is 96.2. The van der Waals surface area contributed by atoms with Gasteiger partial charge in [0.15, 0.2) is 0 Å². The van der Waals surface area contributed by atoms with E-state index in [1.807, 2.05) is 34.0 Å². The van der Waals surface area contributed by atoms with Crippen molar-refractivity contribution < 1.29 is 0 Å². The molecule has 147 heavy (non-hydrogen) atoms. The van der Waals surface area contributed by atoms with Gasteiger partial charge in [-0.3, -0.25) is 0 Å². The van der Waals surface area contributed by atoms with Crippen LogP contribution >= 0.6 is 34.0 Å². The predicted molar refractivity (Wildman–Crippen MR) is 633 cm³/mol. The van der Waals surface area contributed by atoms with Gasteiger partial charge in [0.2, 0.25) is 0 Å². The Bertz CT molecular complexity index is 11300. The third-order valence-corrected chi connectivity index (χ3v) is 34.6. The lowest BCUT2D eigenvalue weighted by molar-refractivity contribution is 1.17. The van der Waals surface area contributed by atoms with Crippen molar-refractivity contribution in [2.75, 3.05) is 0 Å². The third kappa shape index (κ3) is 12.7. The number of para-hydroxylation sites is 7. The molecule has 0 aliphatic rings. The van der Waals surface area contributed by atoms with Crippen LogP contribution in [0.1, 0.15) is 0 Å². The number of thiophene rings is 3. The van der Waals surface area contributed by atoms with E-state index in [-0.39, 0.29) is 0 Å². The van der Waals surface area contributed by atoms with Crippen LogP contribution in [0.25, 0.3) is 291 Å². The second kappa shape index (κ2) is 33.1. The third-order valence-electron chi connectivity index (χ3n) is 30.9. The van der Waals surface area contributed by atoms with Crippen molar-refractivity contribution in [1.29, 1.82) is 0 Å². The van der Waals surface area contributed by atoms with Crippen LogP contribution in [0.3, 0.4) is 0 Å². The van der Waals surface area contributed by atoms with Crippen LogP contribution in [0, 0.1) is 0 Å². The van der Waals surface area contributed by atoms with Gasteiger partial charge in [-0.2, -0.15) is 0 Å². The molecule has 33 aromatic rings. The molecule has 0 spiro atoms. The van der Waals surface area contributed by atoms with Crippen LogP contribution in [-0.4, -0.2) is 27.4 Å². The van der Waals surface area contributed by atoms with Gasteiger partial charge in [-0.05, 0) is 201 Å². The van der Waals surface area contributed by atoms with Gasteiger partial charge in [0.1, 0.15) is 0 Å². The normalized spacial score (nSPS) is 12.1. The van der Waals surface area contributed by atoms with Crippen molar-refractivity contribution in [2.24, 2.45) is 0 Å². The maximum Gasteiger partial charge on any atom is 0.0619 e. The van der Waals surface area contributed by atoms with Gasteiger partial charge in [-0.15, -0.1) is 34.0 Å². The van der Waals surface area contributed by atoms with Crippen LogP contribution in [0.15, 0.2) is 510 Å². The van der Waals surface area contributed by atoms with Crippen molar-refractivity contribution in [3.05, 3.63) is 510 Å². The van der Waals surface area contributed by atoms with Crippen molar-refractivity contribution >= 4 is 258 Å². The first kappa shape index (κ1) is 83.2. The summed E-state index contributed by atoms with van der Waals surface area (Å²) in [7, 11) is 0. The van der Waals surface area contributed by atoms with Crippen LogP contribution in [0.5, 0.6) is 0 Å². The molecule has 0 bridgehead atoms. The lowest BCUT2D eigenvalue weighted by atomic mass is 9.95. The molecular weight excluding hydrogens is 1840 g/mol. The minimum Gasteiger partial charge on any atom is -0.309 e. The van der Waals surface area contributed by atoms with E-state index in [4.69, 9.17) is 0 Å². The molecule has 0 saturated carbocycles. The average Bonchev–Trinajstić information content (AvgIpc) is 1.54. The fourth-order valence-corrected chi connectivity index (χ4v) is 28.4. The Morgan fingerprint density at radius 1 is 0.136 bits per heavy atom. The quantitative estimate of drug-likeness (QED) is 0.138. The molecule has 0 fully saturated rings. The topological polar surface area (TPSA) is 29.6 Å². The summed E-state index contributed by atoms with van der Waals surface area (Å²) in [6.07, 6.45) is 0. The number of aromatic nitrogens is 6. The Morgan fingerprint density at radius 3 is 0.884 bits per heavy atom. The molecule has 9 heteroatoms. The van der Waals surface area contributed by atoms with Crippen molar-refractivity contribution in [2.45, 2.75) is 0 Å². The van der Waals surface area contributed by atoms with E-state index in [1.54, 1.807) is 0 Å². The first-order chi connectivity index (χ1) is 73.0. The van der Waals surface area contributed by atoms with E-state index in [0.717, 1.165) is 11.4 Å². The minimum atomic E-state index is 1.16. The molecule has 6 nitrogen and oxygen atoms in total. The number of hydrogen-bond donors (Lipinski definition) is 0. The molecule has 0 amide bonds. The second-order valence-electron chi connectivity index (χ2n) is 38.7. The molecular formula is C138H84N6S3. The van der Waals surface area contributed by atoms with Crippen LogP contribution in [0.4, 0.5) is 0 Å². The molecule has 24 aromatic carbocycles. The highest BCUT2D eigenvalue weighted by molar-refractivity contribution is 7.27. The number of fused-ring (bicyclic) bond motifs is 34. The van der Waals surface area contributed by atoms with Crippen molar-refractivity contribution in [3.63, 3.8) is 0 Å². The summed E-state index contributed by atoms with van der Waals surface area (Å²) in [5, 5.41) is 30.9. The molecule has 0 saturated heterocycles. The van der Waals surface area contributed by atoms with Gasteiger partial charge >= 0.3 is 0 Å². The van der Waals surface area contributed by atoms with E-state index in [9.17, 15) is 0 Å². The lowest BCUT2D eigenvalue weighted by Gasteiger charge is -2.15. The summed E-state index contributed by atoms with van der Waals surface area (Å²) in [6.45, 7) is 0. The summed E-state index contributed by atoms with van der Waals surface area (Å²) in [5.74, 6) is 0. The fraction of sp³-hybridized carbons (Fsp3) is 0. The van der Waals surface area contributed by atoms with Gasteiger partial charge < -0.3 is 27.4 Å². The predicted octanol–water partition coefficient (Wildman–Crippen LogP) is 39.2. The first-order valence-electron chi connectivity index (χ1n) is 50.3. The van der Waals surface area contributed by atoms with Gasteiger partial charge in [0.05, 0.1) is 71.9 Å². The van der Waals surface area contributed by atoms with E-state index in [0.29, 0.717) is 0 Å². The monoisotopic (exact) mass is 1920 g/mol. The molecule has 9 aromatic heterocycles.